The highest BCUT2D eigenvalue weighted by Crippen LogP contribution is 2.46. The first-order valence-electron chi connectivity index (χ1n) is 44.0. The third-order valence-corrected chi connectivity index (χ3v) is 23.8. The molecule has 20 rings (SSSR count). The Morgan fingerprint density at radius 2 is 0.362 bits per heavy atom. The highest BCUT2D eigenvalue weighted by atomic mass is 16.5. The number of anilines is 20. The van der Waals surface area contributed by atoms with E-state index in [1.165, 1.54) is 77.0 Å². The van der Waals surface area contributed by atoms with Crippen molar-refractivity contribution in [1.29, 1.82) is 0 Å². The Kier molecular flexibility index (Phi) is 26.7. The van der Waals surface area contributed by atoms with Crippen LogP contribution in [0, 0.1) is 13.8 Å². The molecule has 0 atom stereocenters. The fourth-order valence-electron chi connectivity index (χ4n) is 16.8. The molecule has 20 aromatic carbocycles. The highest BCUT2D eigenvalue weighted by molar-refractivity contribution is 6.03. The fraction of sp³-hybridized carbons (Fsp3) is 0.0667. The number of fused-ring (bicyclic) bond motifs is 4. The van der Waals surface area contributed by atoms with Crippen molar-refractivity contribution in [3.63, 3.8) is 0 Å². The Labute approximate surface area is 764 Å². The second-order valence-electron chi connectivity index (χ2n) is 32.1. The molecule has 130 heavy (non-hydrogen) atoms. The summed E-state index contributed by atoms with van der Waals surface area (Å²) >= 11 is 0. The number of rotatable bonds is 22. The normalized spacial score (nSPS) is 10.8. The number of nitrogens with zero attached hydrogens (tertiary/aromatic N) is 8. The zero-order valence-electron chi connectivity index (χ0n) is 74.6. The summed E-state index contributed by atoms with van der Waals surface area (Å²) in [6.07, 6.45) is 0. The molecule has 0 aliphatic carbocycles. The minimum Gasteiger partial charge on any atom is -0.497 e. The first-order chi connectivity index (χ1) is 63.9. The lowest BCUT2D eigenvalue weighted by molar-refractivity contribution is 0.415. The lowest BCUT2D eigenvalue weighted by Crippen LogP contribution is -2.12. The van der Waals surface area contributed by atoms with Crippen LogP contribution in [0.5, 0.6) is 11.5 Å². The molecule has 0 fully saturated rings. The second-order valence-corrected chi connectivity index (χ2v) is 32.1. The van der Waals surface area contributed by atoms with Crippen LogP contribution in [0.15, 0.2) is 485 Å². The lowest BCUT2D eigenvalue weighted by atomic mass is 10.1. The molecular weight excluding hydrogens is 1590 g/mol. The molecule has 20 aromatic rings. The molecule has 10 nitrogen and oxygen atoms in total. The predicted octanol–water partition coefficient (Wildman–Crippen LogP) is 32.9. The van der Waals surface area contributed by atoms with E-state index in [0.717, 1.165) is 102 Å². The first kappa shape index (κ1) is 85.6. The summed E-state index contributed by atoms with van der Waals surface area (Å²) in [6.45, 7) is 4.24. The van der Waals surface area contributed by atoms with Crippen LogP contribution >= 0.6 is 0 Å². The molecule has 0 aliphatic rings. The lowest BCUT2D eigenvalue weighted by Gasteiger charge is -2.28. The molecule has 0 spiro atoms. The van der Waals surface area contributed by atoms with Crippen molar-refractivity contribution >= 4 is 157 Å². The van der Waals surface area contributed by atoms with Crippen molar-refractivity contribution in [1.82, 2.24) is 0 Å². The van der Waals surface area contributed by atoms with E-state index in [0.29, 0.717) is 0 Å². The summed E-state index contributed by atoms with van der Waals surface area (Å²) in [4.78, 5) is 18.1. The van der Waals surface area contributed by atoms with E-state index < -0.39 is 0 Å². The number of hydrogen-bond donors (Lipinski definition) is 0. The standard InChI is InChI=1S/2C30H26N2O.2C30H26N2/c1-31(27-14-9-15-28(22-27)33-2)24-18-20-26(21-19-24)32(25-12-4-3-5-13-25)30-17-8-11-23-10-6-7-16-29(23)30;1-31(25-19-21-28(33-2)22-20-25)24-15-17-27(18-16-24)32(26-11-4-3-5-12-26)30-14-8-10-23-9-6-7-13-29(23)30;1-23-10-8-15-28(22-23)31(2)25-18-20-27(21-19-25)32(26-13-4-3-5-14-26)30-17-9-12-24-11-6-7-16-29(24)30;1-23-15-17-25(18-16-23)31(2)26-19-21-28(22-20-26)32(27-11-4-3-5-12-27)30-14-8-10-24-9-6-7-13-29(24)30/h2*3-22H,1-2H3;2*3-22H,1-2H3. The van der Waals surface area contributed by atoms with Gasteiger partial charge in [0.25, 0.3) is 0 Å². The molecule has 0 bridgehead atoms. The summed E-state index contributed by atoms with van der Waals surface area (Å²) in [5, 5.41) is 9.85. The van der Waals surface area contributed by atoms with Gasteiger partial charge in [-0.2, -0.15) is 0 Å². The number of hydrogen-bond acceptors (Lipinski definition) is 10. The van der Waals surface area contributed by atoms with E-state index in [9.17, 15) is 0 Å². The second kappa shape index (κ2) is 40.6. The maximum atomic E-state index is 5.39. The van der Waals surface area contributed by atoms with Gasteiger partial charge in [-0.25, -0.2) is 0 Å². The van der Waals surface area contributed by atoms with Crippen LogP contribution in [-0.2, 0) is 0 Å². The molecule has 0 unspecified atom stereocenters. The average molecular weight is 1690 g/mol. The summed E-state index contributed by atoms with van der Waals surface area (Å²) in [5.74, 6) is 1.71. The van der Waals surface area contributed by atoms with Crippen LogP contribution in [0.25, 0.3) is 43.1 Å². The van der Waals surface area contributed by atoms with Crippen LogP contribution < -0.4 is 48.7 Å². The van der Waals surface area contributed by atoms with E-state index >= 15 is 0 Å². The van der Waals surface area contributed by atoms with Crippen LogP contribution in [0.1, 0.15) is 11.1 Å². The Balaban J connectivity index is 0.000000121. The molecule has 0 heterocycles. The molecule has 0 N–H and O–H groups in total. The van der Waals surface area contributed by atoms with Gasteiger partial charge in [-0.3, -0.25) is 0 Å². The molecule has 0 aromatic heterocycles. The van der Waals surface area contributed by atoms with Crippen LogP contribution in [-0.4, -0.2) is 42.4 Å². The van der Waals surface area contributed by atoms with E-state index in [1.807, 2.05) is 30.3 Å². The molecule has 0 aliphatic heterocycles. The van der Waals surface area contributed by atoms with Gasteiger partial charge in [-0.15, -0.1) is 0 Å². The summed E-state index contributed by atoms with van der Waals surface area (Å²) in [7, 11) is 11.8. The third kappa shape index (κ3) is 19.6. The van der Waals surface area contributed by atoms with Gasteiger partial charge < -0.3 is 48.7 Å². The maximum Gasteiger partial charge on any atom is 0.120 e. The Morgan fingerprint density at radius 3 is 0.646 bits per heavy atom. The van der Waals surface area contributed by atoms with Crippen LogP contribution in [0.4, 0.5) is 114 Å². The Bertz CT molecular complexity index is 7070. The minimum atomic E-state index is 0.849. The molecule has 10 heteroatoms. The predicted molar refractivity (Wildman–Crippen MR) is 555 cm³/mol. The SMILES string of the molecule is COc1ccc(N(C)c2ccc(N(c3ccccc3)c3cccc4ccccc34)cc2)cc1.COc1cccc(N(C)c2ccc(N(c3ccccc3)c3cccc4ccccc34)cc2)c1.Cc1ccc(N(C)c2ccc(N(c3ccccc3)c3cccc4ccccc34)cc2)cc1.Cc1cccc(N(C)c2ccc(N(c3ccccc3)c3cccc4ccccc34)cc2)c1. The highest BCUT2D eigenvalue weighted by Gasteiger charge is 2.22. The van der Waals surface area contributed by atoms with Gasteiger partial charge in [0.05, 0.1) is 37.0 Å². The molecular formula is C120H104N8O2. The molecule has 0 saturated carbocycles. The van der Waals surface area contributed by atoms with Gasteiger partial charge in [0, 0.05) is 147 Å². The van der Waals surface area contributed by atoms with E-state index in [-0.39, 0.29) is 0 Å². The van der Waals surface area contributed by atoms with Crippen molar-refractivity contribution < 1.29 is 9.47 Å². The van der Waals surface area contributed by atoms with Gasteiger partial charge in [-0.1, -0.05) is 254 Å². The monoisotopic (exact) mass is 1690 g/mol. The van der Waals surface area contributed by atoms with Gasteiger partial charge >= 0.3 is 0 Å². The van der Waals surface area contributed by atoms with E-state index in [2.05, 4.69) is 536 Å². The number of ether oxygens (including phenoxy) is 2. The zero-order valence-corrected chi connectivity index (χ0v) is 74.6. The van der Waals surface area contributed by atoms with Gasteiger partial charge in [0.1, 0.15) is 11.5 Å². The van der Waals surface area contributed by atoms with Crippen molar-refractivity contribution in [2.45, 2.75) is 13.8 Å². The van der Waals surface area contributed by atoms with Gasteiger partial charge in [-0.05, 0) is 271 Å². The van der Waals surface area contributed by atoms with Crippen molar-refractivity contribution in [2.75, 3.05) is 81.6 Å². The Morgan fingerprint density at radius 1 is 0.154 bits per heavy atom. The first-order valence-corrected chi connectivity index (χ1v) is 44.0. The molecule has 0 radical (unpaired) electrons. The smallest absolute Gasteiger partial charge is 0.120 e. The largest absolute Gasteiger partial charge is 0.497 e. The average Bonchev–Trinajstić information content (AvgIpc) is 0.789. The quantitative estimate of drug-likeness (QED) is 0.0656. The zero-order chi connectivity index (χ0) is 89.1. The van der Waals surface area contributed by atoms with Crippen LogP contribution in [0.2, 0.25) is 0 Å². The number of para-hydroxylation sites is 4. The van der Waals surface area contributed by atoms with E-state index in [4.69, 9.17) is 9.47 Å². The molecule has 0 saturated heterocycles. The summed E-state index contributed by atoms with van der Waals surface area (Å²) in [6, 6.07) is 171. The number of aryl methyl sites for hydroxylation is 2. The van der Waals surface area contributed by atoms with Crippen molar-refractivity contribution in [3.8, 4) is 11.5 Å². The van der Waals surface area contributed by atoms with Crippen LogP contribution in [0.3, 0.4) is 0 Å². The van der Waals surface area contributed by atoms with E-state index in [1.54, 1.807) is 14.2 Å². The number of methoxy groups -OCH3 is 2. The third-order valence-electron chi connectivity index (χ3n) is 23.8. The van der Waals surface area contributed by atoms with Gasteiger partial charge in [0.15, 0.2) is 0 Å². The van der Waals surface area contributed by atoms with Crippen molar-refractivity contribution in [2.24, 2.45) is 0 Å². The summed E-state index contributed by atoms with van der Waals surface area (Å²) in [5.41, 5.74) is 25.3. The topological polar surface area (TPSA) is 44.4 Å². The van der Waals surface area contributed by atoms with Crippen molar-refractivity contribution in [3.05, 3.63) is 496 Å². The number of benzene rings is 20. The Hall–Kier alpha value is -16.6. The van der Waals surface area contributed by atoms with Gasteiger partial charge in [0.2, 0.25) is 0 Å². The molecule has 636 valence electrons. The minimum absolute atomic E-state index is 0.849. The summed E-state index contributed by atoms with van der Waals surface area (Å²) < 4.78 is 10.7. The maximum absolute atomic E-state index is 5.39. The molecule has 0 amide bonds. The fourth-order valence-corrected chi connectivity index (χ4v) is 16.8.